The molecule has 1 aromatic carbocycles. The first-order chi connectivity index (χ1) is 9.08. The van der Waals surface area contributed by atoms with Crippen LogP contribution in [0.4, 0.5) is 0 Å². The van der Waals surface area contributed by atoms with Crippen molar-refractivity contribution in [2.24, 2.45) is 5.92 Å². The number of rotatable bonds is 6. The van der Waals surface area contributed by atoms with Crippen LogP contribution in [0.25, 0.3) is 0 Å². The van der Waals surface area contributed by atoms with Crippen molar-refractivity contribution >= 4 is 5.91 Å². The predicted octanol–water partition coefficient (Wildman–Crippen LogP) is 3.23. The first-order valence-electron chi connectivity index (χ1n) is 6.83. The van der Waals surface area contributed by atoms with E-state index in [0.29, 0.717) is 5.92 Å². The summed E-state index contributed by atoms with van der Waals surface area (Å²) >= 11 is 0. The maximum atomic E-state index is 12.1. The van der Waals surface area contributed by atoms with Gasteiger partial charge in [0.15, 0.2) is 0 Å². The Kier molecular flexibility index (Phi) is 6.08. The molecule has 0 heterocycles. The number of nitrogens with zero attached hydrogens (tertiary/aromatic N) is 1. The van der Waals surface area contributed by atoms with E-state index in [1.54, 1.807) is 0 Å². The second kappa shape index (κ2) is 7.58. The Morgan fingerprint density at radius 2 is 1.95 bits per heavy atom. The van der Waals surface area contributed by atoms with Gasteiger partial charge in [0.2, 0.25) is 5.91 Å². The number of carbonyl (C=O) groups excluding carboxylic acids is 1. The van der Waals surface area contributed by atoms with Gasteiger partial charge in [0.25, 0.3) is 0 Å². The van der Waals surface area contributed by atoms with E-state index in [0.717, 1.165) is 18.4 Å². The summed E-state index contributed by atoms with van der Waals surface area (Å²) in [5.41, 5.74) is 0.748. The van der Waals surface area contributed by atoms with Gasteiger partial charge in [-0.05, 0) is 24.8 Å². The van der Waals surface area contributed by atoms with Crippen molar-refractivity contribution < 1.29 is 4.79 Å². The molecular formula is C16H22N2O. The van der Waals surface area contributed by atoms with Crippen molar-refractivity contribution in [1.29, 1.82) is 5.26 Å². The second-order valence-electron chi connectivity index (χ2n) is 5.13. The zero-order valence-corrected chi connectivity index (χ0v) is 11.9. The number of amides is 1. The van der Waals surface area contributed by atoms with Crippen LogP contribution in [0.5, 0.6) is 0 Å². The largest absolute Gasteiger partial charge is 0.352 e. The average molecular weight is 258 g/mol. The van der Waals surface area contributed by atoms with Crippen LogP contribution in [0, 0.1) is 17.2 Å². The van der Waals surface area contributed by atoms with Crippen LogP contribution in [0.2, 0.25) is 0 Å². The summed E-state index contributed by atoms with van der Waals surface area (Å²) in [4.78, 5) is 12.1. The summed E-state index contributed by atoms with van der Waals surface area (Å²) in [5, 5.41) is 12.1. The number of nitrogens with one attached hydrogen (secondary N) is 1. The van der Waals surface area contributed by atoms with Crippen LogP contribution in [0.3, 0.4) is 0 Å². The minimum Gasteiger partial charge on any atom is -0.352 e. The molecule has 1 aromatic rings. The van der Waals surface area contributed by atoms with Crippen molar-refractivity contribution in [3.8, 4) is 6.07 Å². The Hall–Kier alpha value is -1.82. The highest BCUT2D eigenvalue weighted by Gasteiger charge is 2.21. The lowest BCUT2D eigenvalue weighted by Gasteiger charge is -2.19. The number of benzene rings is 1. The fourth-order valence-electron chi connectivity index (χ4n) is 2.09. The zero-order chi connectivity index (χ0) is 14.3. The fourth-order valence-corrected chi connectivity index (χ4v) is 2.09. The lowest BCUT2D eigenvalue weighted by Crippen LogP contribution is -2.36. The fraction of sp³-hybridized carbons (Fsp3) is 0.500. The van der Waals surface area contributed by atoms with Gasteiger partial charge in [0, 0.05) is 6.04 Å². The minimum absolute atomic E-state index is 0.0991. The van der Waals surface area contributed by atoms with E-state index in [1.165, 1.54) is 0 Å². The monoisotopic (exact) mass is 258 g/mol. The average Bonchev–Trinajstić information content (AvgIpc) is 2.40. The molecule has 0 fully saturated rings. The van der Waals surface area contributed by atoms with Gasteiger partial charge >= 0.3 is 0 Å². The maximum absolute atomic E-state index is 12.1. The van der Waals surface area contributed by atoms with Crippen LogP contribution in [0.15, 0.2) is 30.3 Å². The maximum Gasteiger partial charge on any atom is 0.242 e. The second-order valence-corrected chi connectivity index (χ2v) is 5.13. The molecule has 1 amide bonds. The lowest BCUT2D eigenvalue weighted by atomic mass is 9.97. The van der Waals surface area contributed by atoms with Gasteiger partial charge in [-0.25, -0.2) is 0 Å². The van der Waals surface area contributed by atoms with Gasteiger partial charge in [-0.3, -0.25) is 4.79 Å². The van der Waals surface area contributed by atoms with E-state index in [1.807, 2.05) is 37.3 Å². The Labute approximate surface area is 115 Å². The Balaban J connectivity index is 2.63. The molecule has 19 heavy (non-hydrogen) atoms. The van der Waals surface area contributed by atoms with E-state index in [4.69, 9.17) is 0 Å². The van der Waals surface area contributed by atoms with Crippen molar-refractivity contribution in [3.05, 3.63) is 35.9 Å². The third-order valence-electron chi connectivity index (χ3n) is 3.37. The van der Waals surface area contributed by atoms with Crippen LogP contribution < -0.4 is 5.32 Å². The minimum atomic E-state index is -0.722. The zero-order valence-electron chi connectivity index (χ0n) is 11.9. The topological polar surface area (TPSA) is 52.9 Å². The molecule has 3 nitrogen and oxygen atoms in total. The molecule has 3 atom stereocenters. The Morgan fingerprint density at radius 3 is 2.47 bits per heavy atom. The smallest absolute Gasteiger partial charge is 0.242 e. The molecule has 0 aliphatic rings. The molecule has 102 valence electrons. The van der Waals surface area contributed by atoms with Gasteiger partial charge in [-0.15, -0.1) is 0 Å². The first kappa shape index (κ1) is 15.2. The standard InChI is InChI=1S/C16H22N2O/c1-4-12(2)10-13(3)18-16(19)15(11-17)14-8-6-5-7-9-14/h5-9,12-13,15H,4,10H2,1-3H3,(H,18,19). The highest BCUT2D eigenvalue weighted by molar-refractivity contribution is 5.86. The van der Waals surface area contributed by atoms with Gasteiger partial charge in [0.05, 0.1) is 6.07 Å². The quantitative estimate of drug-likeness (QED) is 0.851. The van der Waals surface area contributed by atoms with Crippen LogP contribution in [-0.4, -0.2) is 11.9 Å². The molecule has 0 saturated carbocycles. The van der Waals surface area contributed by atoms with Crippen molar-refractivity contribution in [3.63, 3.8) is 0 Å². The van der Waals surface area contributed by atoms with Gasteiger partial charge in [-0.2, -0.15) is 5.26 Å². The van der Waals surface area contributed by atoms with Gasteiger partial charge in [-0.1, -0.05) is 50.6 Å². The van der Waals surface area contributed by atoms with Gasteiger partial charge in [0.1, 0.15) is 5.92 Å². The van der Waals surface area contributed by atoms with Crippen LogP contribution in [-0.2, 0) is 4.79 Å². The summed E-state index contributed by atoms with van der Waals surface area (Å²) in [6.45, 7) is 6.30. The molecule has 0 spiro atoms. The Bertz CT molecular complexity index is 436. The van der Waals surface area contributed by atoms with Crippen molar-refractivity contribution in [2.45, 2.75) is 45.6 Å². The van der Waals surface area contributed by atoms with E-state index in [9.17, 15) is 10.1 Å². The molecule has 3 unspecified atom stereocenters. The predicted molar refractivity (Wildman–Crippen MR) is 76.5 cm³/mol. The van der Waals surface area contributed by atoms with E-state index in [2.05, 4.69) is 25.2 Å². The number of nitriles is 1. The van der Waals surface area contributed by atoms with Crippen molar-refractivity contribution in [2.75, 3.05) is 0 Å². The highest BCUT2D eigenvalue weighted by atomic mass is 16.1. The van der Waals surface area contributed by atoms with Crippen LogP contribution in [0.1, 0.15) is 45.1 Å². The summed E-state index contributed by atoms with van der Waals surface area (Å²) in [6, 6.07) is 11.4. The summed E-state index contributed by atoms with van der Waals surface area (Å²) < 4.78 is 0. The van der Waals surface area contributed by atoms with E-state index >= 15 is 0 Å². The molecule has 0 aromatic heterocycles. The van der Waals surface area contributed by atoms with E-state index < -0.39 is 5.92 Å². The number of hydrogen-bond acceptors (Lipinski definition) is 2. The normalized spacial score (nSPS) is 15.1. The third kappa shape index (κ3) is 4.75. The van der Waals surface area contributed by atoms with Crippen molar-refractivity contribution in [1.82, 2.24) is 5.32 Å². The van der Waals surface area contributed by atoms with Gasteiger partial charge < -0.3 is 5.32 Å². The molecule has 0 bridgehead atoms. The Morgan fingerprint density at radius 1 is 1.32 bits per heavy atom. The summed E-state index contributed by atoms with van der Waals surface area (Å²) in [7, 11) is 0. The molecule has 0 saturated heterocycles. The first-order valence-corrected chi connectivity index (χ1v) is 6.83. The molecule has 3 heteroatoms. The van der Waals surface area contributed by atoms with E-state index in [-0.39, 0.29) is 11.9 Å². The molecule has 1 N–H and O–H groups in total. The molecule has 0 aliphatic carbocycles. The molecule has 1 rings (SSSR count). The molecule has 0 radical (unpaired) electrons. The summed E-state index contributed by atoms with van der Waals surface area (Å²) in [5.74, 6) is -0.349. The lowest BCUT2D eigenvalue weighted by molar-refractivity contribution is -0.122. The molecular weight excluding hydrogens is 236 g/mol. The number of hydrogen-bond donors (Lipinski definition) is 1. The van der Waals surface area contributed by atoms with Crippen LogP contribution >= 0.6 is 0 Å². The third-order valence-corrected chi connectivity index (χ3v) is 3.37. The SMILES string of the molecule is CCC(C)CC(C)NC(=O)C(C#N)c1ccccc1. The molecule has 0 aliphatic heterocycles. The number of carbonyl (C=O) groups is 1. The highest BCUT2D eigenvalue weighted by Crippen LogP contribution is 2.16. The summed E-state index contributed by atoms with van der Waals surface area (Å²) in [6.07, 6.45) is 2.04.